The summed E-state index contributed by atoms with van der Waals surface area (Å²) in [5, 5.41) is 0.612. The number of carbonyl (C=O) groups excluding carboxylic acids is 1. The molecule has 0 saturated heterocycles. The molecule has 1 heterocycles. The molecule has 140 valence electrons. The Kier molecular flexibility index (Phi) is 5.17. The van der Waals surface area contributed by atoms with Crippen LogP contribution < -0.4 is 4.90 Å². The summed E-state index contributed by atoms with van der Waals surface area (Å²) in [7, 11) is 0. The van der Waals surface area contributed by atoms with Gasteiger partial charge < -0.3 is 0 Å². The summed E-state index contributed by atoms with van der Waals surface area (Å²) in [6.07, 6.45) is 0.944. The lowest BCUT2D eigenvalue weighted by Crippen LogP contribution is -2.30. The molecule has 0 aliphatic carbocycles. The number of hydrogen-bond acceptors (Lipinski definition) is 3. The molecule has 28 heavy (non-hydrogen) atoms. The van der Waals surface area contributed by atoms with E-state index in [1.54, 1.807) is 17.0 Å². The minimum atomic E-state index is -0.428. The maximum Gasteiger partial charge on any atom is 0.260 e. The number of benzene rings is 3. The molecule has 0 spiro atoms. The Morgan fingerprint density at radius 1 is 1.00 bits per heavy atom. The molecule has 1 amide bonds. The summed E-state index contributed by atoms with van der Waals surface area (Å²) in [6.45, 7) is 2.48. The molecule has 0 unspecified atom stereocenters. The fourth-order valence-electron chi connectivity index (χ4n) is 3.06. The van der Waals surface area contributed by atoms with E-state index in [4.69, 9.17) is 0 Å². The lowest BCUT2D eigenvalue weighted by atomic mass is 10.1. The Labute approximate surface area is 167 Å². The van der Waals surface area contributed by atoms with Gasteiger partial charge in [0.2, 0.25) is 0 Å². The van der Waals surface area contributed by atoms with Crippen molar-refractivity contribution in [1.29, 1.82) is 0 Å². The van der Waals surface area contributed by atoms with Crippen molar-refractivity contribution < 1.29 is 9.18 Å². The molecule has 0 fully saturated rings. The van der Waals surface area contributed by atoms with Gasteiger partial charge in [-0.15, -0.1) is 0 Å². The summed E-state index contributed by atoms with van der Waals surface area (Å²) in [4.78, 5) is 19.5. The summed E-state index contributed by atoms with van der Waals surface area (Å²) < 4.78 is 14.7. The number of aryl methyl sites for hydroxylation is 1. The average molecular weight is 390 g/mol. The average Bonchev–Trinajstić information content (AvgIpc) is 3.15. The predicted molar refractivity (Wildman–Crippen MR) is 112 cm³/mol. The topological polar surface area (TPSA) is 33.2 Å². The molecule has 5 heteroatoms. The Balaban J connectivity index is 1.77. The number of nitrogens with zero attached hydrogens (tertiary/aromatic N) is 2. The summed E-state index contributed by atoms with van der Waals surface area (Å²) >= 11 is 1.48. The van der Waals surface area contributed by atoms with E-state index in [1.165, 1.54) is 29.0 Å². The highest BCUT2D eigenvalue weighted by molar-refractivity contribution is 7.22. The van der Waals surface area contributed by atoms with E-state index in [2.05, 4.69) is 24.0 Å². The third-order valence-electron chi connectivity index (χ3n) is 4.58. The van der Waals surface area contributed by atoms with Crippen LogP contribution in [0.5, 0.6) is 0 Å². The van der Waals surface area contributed by atoms with Crippen molar-refractivity contribution in [2.75, 3.05) is 4.90 Å². The van der Waals surface area contributed by atoms with Crippen LogP contribution >= 0.6 is 11.3 Å². The SMILES string of the molecule is CCc1ccc2nc(N(Cc3ccccc3)C(=O)c3cccc(F)c3)sc2c1. The predicted octanol–water partition coefficient (Wildman–Crippen LogP) is 5.84. The van der Waals surface area contributed by atoms with Gasteiger partial charge in [-0.05, 0) is 47.9 Å². The fraction of sp³-hybridized carbons (Fsp3) is 0.130. The Hall–Kier alpha value is -3.05. The first kappa shape index (κ1) is 18.3. The van der Waals surface area contributed by atoms with Gasteiger partial charge in [0.15, 0.2) is 5.13 Å². The zero-order valence-corrected chi connectivity index (χ0v) is 16.2. The van der Waals surface area contributed by atoms with Gasteiger partial charge in [0.05, 0.1) is 16.8 Å². The quantitative estimate of drug-likeness (QED) is 0.429. The maximum atomic E-state index is 13.7. The fourth-order valence-corrected chi connectivity index (χ4v) is 4.09. The van der Waals surface area contributed by atoms with Crippen molar-refractivity contribution in [2.24, 2.45) is 0 Å². The second-order valence-corrected chi connectivity index (χ2v) is 7.55. The van der Waals surface area contributed by atoms with E-state index in [0.717, 1.165) is 22.2 Å². The Morgan fingerprint density at radius 2 is 1.82 bits per heavy atom. The number of thiazole rings is 1. The lowest BCUT2D eigenvalue weighted by Gasteiger charge is -2.20. The second kappa shape index (κ2) is 7.90. The number of rotatable bonds is 5. The van der Waals surface area contributed by atoms with Crippen molar-refractivity contribution >= 4 is 32.6 Å². The van der Waals surface area contributed by atoms with Crippen LogP contribution in [-0.4, -0.2) is 10.9 Å². The van der Waals surface area contributed by atoms with E-state index >= 15 is 0 Å². The van der Waals surface area contributed by atoms with Crippen LogP contribution in [0.3, 0.4) is 0 Å². The van der Waals surface area contributed by atoms with E-state index in [9.17, 15) is 9.18 Å². The van der Waals surface area contributed by atoms with Gasteiger partial charge in [-0.3, -0.25) is 9.69 Å². The van der Waals surface area contributed by atoms with Crippen molar-refractivity contribution in [3.05, 3.63) is 95.3 Å². The first-order chi connectivity index (χ1) is 13.6. The number of carbonyl (C=O) groups is 1. The van der Waals surface area contributed by atoms with E-state index in [0.29, 0.717) is 17.2 Å². The molecular weight excluding hydrogens is 371 g/mol. The van der Waals surface area contributed by atoms with Crippen molar-refractivity contribution in [2.45, 2.75) is 19.9 Å². The van der Waals surface area contributed by atoms with Gasteiger partial charge in [0.25, 0.3) is 5.91 Å². The van der Waals surface area contributed by atoms with Gasteiger partial charge >= 0.3 is 0 Å². The van der Waals surface area contributed by atoms with Gasteiger partial charge in [0.1, 0.15) is 5.82 Å². The number of fused-ring (bicyclic) bond motifs is 1. The maximum absolute atomic E-state index is 13.7. The van der Waals surface area contributed by atoms with Crippen LogP contribution in [0.1, 0.15) is 28.4 Å². The van der Waals surface area contributed by atoms with Gasteiger partial charge in [-0.25, -0.2) is 9.37 Å². The molecule has 0 aliphatic rings. The normalized spacial score (nSPS) is 10.9. The first-order valence-corrected chi connectivity index (χ1v) is 9.96. The molecular formula is C23H19FN2OS. The molecule has 0 radical (unpaired) electrons. The molecule has 4 rings (SSSR count). The van der Waals surface area contributed by atoms with Crippen LogP contribution in [0.25, 0.3) is 10.2 Å². The molecule has 3 aromatic carbocycles. The monoisotopic (exact) mass is 390 g/mol. The molecule has 0 bridgehead atoms. The highest BCUT2D eigenvalue weighted by Gasteiger charge is 2.22. The standard InChI is InChI=1S/C23H19FN2OS/c1-2-16-11-12-20-21(13-16)28-23(25-20)26(15-17-7-4-3-5-8-17)22(27)18-9-6-10-19(24)14-18/h3-14H,2,15H2,1H3. The van der Waals surface area contributed by atoms with Crippen LogP contribution in [0.2, 0.25) is 0 Å². The van der Waals surface area contributed by atoms with Crippen LogP contribution in [0.4, 0.5) is 9.52 Å². The smallest absolute Gasteiger partial charge is 0.260 e. The van der Waals surface area contributed by atoms with Crippen LogP contribution in [0, 0.1) is 5.82 Å². The minimum absolute atomic E-state index is 0.266. The number of hydrogen-bond donors (Lipinski definition) is 0. The highest BCUT2D eigenvalue weighted by Crippen LogP contribution is 2.31. The third-order valence-corrected chi connectivity index (χ3v) is 5.62. The number of amides is 1. The van der Waals surface area contributed by atoms with Crippen LogP contribution in [0.15, 0.2) is 72.8 Å². The van der Waals surface area contributed by atoms with Crippen molar-refractivity contribution in [1.82, 2.24) is 4.98 Å². The summed E-state index contributed by atoms with van der Waals surface area (Å²) in [6, 6.07) is 21.7. The van der Waals surface area contributed by atoms with E-state index in [1.807, 2.05) is 36.4 Å². The van der Waals surface area contributed by atoms with E-state index < -0.39 is 5.82 Å². The molecule has 0 aliphatic heterocycles. The summed E-state index contributed by atoms with van der Waals surface area (Å²) in [5.41, 5.74) is 3.39. The summed E-state index contributed by atoms with van der Waals surface area (Å²) in [5.74, 6) is -0.694. The van der Waals surface area contributed by atoms with Gasteiger partial charge in [-0.2, -0.15) is 0 Å². The zero-order valence-electron chi connectivity index (χ0n) is 15.4. The molecule has 0 saturated carbocycles. The highest BCUT2D eigenvalue weighted by atomic mass is 32.1. The molecule has 0 N–H and O–H groups in total. The number of anilines is 1. The molecule has 1 aromatic heterocycles. The molecule has 4 aromatic rings. The minimum Gasteiger partial charge on any atom is -0.279 e. The van der Waals surface area contributed by atoms with Gasteiger partial charge in [0, 0.05) is 5.56 Å². The number of halogens is 1. The number of aromatic nitrogens is 1. The van der Waals surface area contributed by atoms with E-state index in [-0.39, 0.29) is 5.91 Å². The Morgan fingerprint density at radius 3 is 2.57 bits per heavy atom. The van der Waals surface area contributed by atoms with Crippen molar-refractivity contribution in [3.63, 3.8) is 0 Å². The molecule has 3 nitrogen and oxygen atoms in total. The van der Waals surface area contributed by atoms with Crippen molar-refractivity contribution in [3.8, 4) is 0 Å². The second-order valence-electron chi connectivity index (χ2n) is 6.54. The zero-order chi connectivity index (χ0) is 19.5. The first-order valence-electron chi connectivity index (χ1n) is 9.15. The lowest BCUT2D eigenvalue weighted by molar-refractivity contribution is 0.0984. The third kappa shape index (κ3) is 3.80. The van der Waals surface area contributed by atoms with Gasteiger partial charge in [-0.1, -0.05) is 60.7 Å². The van der Waals surface area contributed by atoms with Crippen LogP contribution in [-0.2, 0) is 13.0 Å². The molecule has 0 atom stereocenters. The Bertz CT molecular complexity index is 1120. The largest absolute Gasteiger partial charge is 0.279 e.